The number of aliphatic hydroxyl groups is 1. The van der Waals surface area contributed by atoms with Crippen LogP contribution in [-0.4, -0.2) is 45.3 Å². The molecule has 0 fully saturated rings. The normalized spacial score (nSPS) is 13.5. The first kappa shape index (κ1) is 16.7. The maximum Gasteiger partial charge on any atom is 0.154 e. The highest BCUT2D eigenvalue weighted by atomic mass is 16.5. The first-order valence-corrected chi connectivity index (χ1v) is 7.87. The molecule has 0 bridgehead atoms. The van der Waals surface area contributed by atoms with Gasteiger partial charge >= 0.3 is 0 Å². The second kappa shape index (κ2) is 7.56. The third kappa shape index (κ3) is 4.68. The number of rotatable bonds is 9. The monoisotopic (exact) mass is 306 g/mol. The first-order chi connectivity index (χ1) is 10.5. The Morgan fingerprint density at radius 2 is 2.18 bits per heavy atom. The third-order valence-corrected chi connectivity index (χ3v) is 3.71. The Bertz CT molecular complexity index is 582. The van der Waals surface area contributed by atoms with Crippen molar-refractivity contribution in [1.29, 1.82) is 0 Å². The highest BCUT2D eigenvalue weighted by Crippen LogP contribution is 2.21. The predicted octanol–water partition coefficient (Wildman–Crippen LogP) is 2.26. The second-order valence-corrected chi connectivity index (χ2v) is 6.28. The number of fused-ring (bicyclic) bond motifs is 1. The zero-order chi connectivity index (χ0) is 16.0. The summed E-state index contributed by atoms with van der Waals surface area (Å²) < 4.78 is 5.67. The molecule has 0 saturated carbocycles. The molecule has 1 heterocycles. The zero-order valence-electron chi connectivity index (χ0n) is 13.6. The van der Waals surface area contributed by atoms with Gasteiger partial charge in [-0.25, -0.2) is 0 Å². The number of H-pyrrole nitrogens is 1. The van der Waals surface area contributed by atoms with Crippen LogP contribution in [0.25, 0.3) is 11.0 Å². The number of nitrogens with zero attached hydrogens (tertiary/aromatic N) is 2. The van der Waals surface area contributed by atoms with Gasteiger partial charge in [0.15, 0.2) is 5.52 Å². The molecule has 122 valence electrons. The van der Waals surface area contributed by atoms with Crippen molar-refractivity contribution < 1.29 is 9.84 Å². The van der Waals surface area contributed by atoms with Gasteiger partial charge in [0.25, 0.3) is 0 Å². The van der Waals surface area contributed by atoms with E-state index in [0.717, 1.165) is 11.9 Å². The Kier molecular flexibility index (Phi) is 5.74. The molecule has 2 rings (SSSR count). The standard InChI is InChI=1S/C16H26N4O2/c1-4-5-9-16(2,3)17-10-12(21)11-22-14-8-6-7-13-15(14)19-20-18-13/h6-8,12,17,21H,4-5,9-11H2,1-3H3,(H,18,19,20). The summed E-state index contributed by atoms with van der Waals surface area (Å²) in [7, 11) is 0. The number of aliphatic hydroxyl groups excluding tert-OH is 1. The molecular weight excluding hydrogens is 280 g/mol. The summed E-state index contributed by atoms with van der Waals surface area (Å²) in [6, 6.07) is 5.55. The molecule has 6 nitrogen and oxygen atoms in total. The highest BCUT2D eigenvalue weighted by Gasteiger charge is 2.18. The van der Waals surface area contributed by atoms with Gasteiger partial charge in [-0.2, -0.15) is 15.4 Å². The topological polar surface area (TPSA) is 83.1 Å². The number of unbranched alkanes of at least 4 members (excludes halogenated alkanes) is 1. The SMILES string of the molecule is CCCCC(C)(C)NCC(O)COc1cccc2n[nH]nc12. The van der Waals surface area contributed by atoms with Gasteiger partial charge in [-0.15, -0.1) is 0 Å². The minimum absolute atomic E-state index is 0.0309. The number of hydrogen-bond donors (Lipinski definition) is 3. The van der Waals surface area contributed by atoms with Crippen molar-refractivity contribution >= 4 is 11.0 Å². The molecule has 0 aliphatic rings. The number of aromatic amines is 1. The van der Waals surface area contributed by atoms with Crippen LogP contribution < -0.4 is 10.1 Å². The van der Waals surface area contributed by atoms with E-state index in [1.807, 2.05) is 18.2 Å². The van der Waals surface area contributed by atoms with Gasteiger partial charge in [0.2, 0.25) is 0 Å². The molecule has 22 heavy (non-hydrogen) atoms. The molecule has 0 radical (unpaired) electrons. The van der Waals surface area contributed by atoms with E-state index in [4.69, 9.17) is 4.74 Å². The molecule has 2 aromatic rings. The molecule has 0 saturated heterocycles. The molecular formula is C16H26N4O2. The summed E-state index contributed by atoms with van der Waals surface area (Å²) in [6.45, 7) is 7.23. The lowest BCUT2D eigenvalue weighted by molar-refractivity contribution is 0.0986. The number of β-amino-alcohol motifs (C(OH)–C–C–N with tert-alkyl or cyclic N) is 1. The summed E-state index contributed by atoms with van der Waals surface area (Å²) in [5.41, 5.74) is 1.47. The van der Waals surface area contributed by atoms with Crippen molar-refractivity contribution in [3.63, 3.8) is 0 Å². The number of aromatic nitrogens is 3. The lowest BCUT2D eigenvalue weighted by Gasteiger charge is -2.27. The molecule has 3 N–H and O–H groups in total. The average molecular weight is 306 g/mol. The van der Waals surface area contributed by atoms with Gasteiger partial charge in [0, 0.05) is 12.1 Å². The Hall–Kier alpha value is -1.66. The lowest BCUT2D eigenvalue weighted by atomic mass is 9.97. The van der Waals surface area contributed by atoms with Gasteiger partial charge in [-0.05, 0) is 32.4 Å². The summed E-state index contributed by atoms with van der Waals surface area (Å²) in [5, 5.41) is 24.1. The molecule has 6 heteroatoms. The molecule has 0 aliphatic heterocycles. The van der Waals surface area contributed by atoms with Crippen LogP contribution in [0.15, 0.2) is 18.2 Å². The summed E-state index contributed by atoms with van der Waals surface area (Å²) in [6.07, 6.45) is 2.89. The molecule has 0 aliphatic carbocycles. The van der Waals surface area contributed by atoms with E-state index in [9.17, 15) is 5.11 Å². The molecule has 1 atom stereocenters. The summed E-state index contributed by atoms with van der Waals surface area (Å²) in [5.74, 6) is 0.635. The van der Waals surface area contributed by atoms with E-state index in [1.165, 1.54) is 12.8 Å². The number of para-hydroxylation sites is 1. The van der Waals surface area contributed by atoms with Crippen LogP contribution >= 0.6 is 0 Å². The fraction of sp³-hybridized carbons (Fsp3) is 0.625. The minimum atomic E-state index is -0.567. The number of benzene rings is 1. The van der Waals surface area contributed by atoms with Crippen LogP contribution in [0.3, 0.4) is 0 Å². The van der Waals surface area contributed by atoms with Gasteiger partial charge in [-0.1, -0.05) is 25.8 Å². The molecule has 1 aromatic heterocycles. The first-order valence-electron chi connectivity index (χ1n) is 7.87. The third-order valence-electron chi connectivity index (χ3n) is 3.71. The van der Waals surface area contributed by atoms with Gasteiger partial charge in [-0.3, -0.25) is 0 Å². The fourth-order valence-electron chi connectivity index (χ4n) is 2.30. The molecule has 0 amide bonds. The number of hydrogen-bond acceptors (Lipinski definition) is 5. The van der Waals surface area contributed by atoms with Crippen LogP contribution in [0.2, 0.25) is 0 Å². The van der Waals surface area contributed by atoms with E-state index in [-0.39, 0.29) is 12.1 Å². The molecule has 0 spiro atoms. The highest BCUT2D eigenvalue weighted by molar-refractivity contribution is 5.80. The van der Waals surface area contributed by atoms with Crippen molar-refractivity contribution in [2.45, 2.75) is 51.7 Å². The quantitative estimate of drug-likeness (QED) is 0.662. The number of ether oxygens (including phenoxy) is 1. The van der Waals surface area contributed by atoms with Crippen LogP contribution in [0, 0.1) is 0 Å². The maximum atomic E-state index is 10.1. The van der Waals surface area contributed by atoms with E-state index < -0.39 is 6.10 Å². The largest absolute Gasteiger partial charge is 0.488 e. The van der Waals surface area contributed by atoms with E-state index in [1.54, 1.807) is 0 Å². The fourth-order valence-corrected chi connectivity index (χ4v) is 2.30. The predicted molar refractivity (Wildman–Crippen MR) is 87.0 cm³/mol. The van der Waals surface area contributed by atoms with E-state index in [2.05, 4.69) is 41.5 Å². The van der Waals surface area contributed by atoms with Crippen molar-refractivity contribution in [2.75, 3.05) is 13.2 Å². The molecule has 1 aromatic carbocycles. The van der Waals surface area contributed by atoms with Crippen LogP contribution in [0.5, 0.6) is 5.75 Å². The van der Waals surface area contributed by atoms with Gasteiger partial charge in [0.05, 0.1) is 0 Å². The summed E-state index contributed by atoms with van der Waals surface area (Å²) >= 11 is 0. The van der Waals surface area contributed by atoms with Crippen molar-refractivity contribution in [2.24, 2.45) is 0 Å². The smallest absolute Gasteiger partial charge is 0.154 e. The van der Waals surface area contributed by atoms with E-state index >= 15 is 0 Å². The van der Waals surface area contributed by atoms with E-state index in [0.29, 0.717) is 17.8 Å². The lowest BCUT2D eigenvalue weighted by Crippen LogP contribution is -2.44. The second-order valence-electron chi connectivity index (χ2n) is 6.28. The van der Waals surface area contributed by atoms with Crippen molar-refractivity contribution in [3.05, 3.63) is 18.2 Å². The Morgan fingerprint density at radius 1 is 1.36 bits per heavy atom. The van der Waals surface area contributed by atoms with Crippen LogP contribution in [0.1, 0.15) is 40.0 Å². The molecule has 1 unspecified atom stereocenters. The van der Waals surface area contributed by atoms with Gasteiger partial charge in [0.1, 0.15) is 24.0 Å². The van der Waals surface area contributed by atoms with Crippen LogP contribution in [-0.2, 0) is 0 Å². The van der Waals surface area contributed by atoms with Crippen molar-refractivity contribution in [1.82, 2.24) is 20.7 Å². The minimum Gasteiger partial charge on any atom is -0.488 e. The zero-order valence-corrected chi connectivity index (χ0v) is 13.6. The summed E-state index contributed by atoms with van der Waals surface area (Å²) in [4.78, 5) is 0. The van der Waals surface area contributed by atoms with Crippen molar-refractivity contribution in [3.8, 4) is 5.75 Å². The Morgan fingerprint density at radius 3 is 2.95 bits per heavy atom. The maximum absolute atomic E-state index is 10.1. The van der Waals surface area contributed by atoms with Gasteiger partial charge < -0.3 is 15.2 Å². The Labute approximate surface area is 131 Å². The van der Waals surface area contributed by atoms with Crippen LogP contribution in [0.4, 0.5) is 0 Å². The number of nitrogens with one attached hydrogen (secondary N) is 2. The Balaban J connectivity index is 1.80. The average Bonchev–Trinajstić information content (AvgIpc) is 2.98.